The summed E-state index contributed by atoms with van der Waals surface area (Å²) in [5, 5.41) is 12.2. The molecule has 1 aliphatic rings. The second-order valence-electron chi connectivity index (χ2n) is 5.87. The van der Waals surface area contributed by atoms with Gasteiger partial charge in [0.2, 0.25) is 0 Å². The summed E-state index contributed by atoms with van der Waals surface area (Å²) >= 11 is 0. The first-order valence-electron chi connectivity index (χ1n) is 7.77. The van der Waals surface area contributed by atoms with E-state index in [1.807, 2.05) is 18.7 Å². The Hall–Kier alpha value is -1.53. The van der Waals surface area contributed by atoms with Crippen LogP contribution in [0.4, 0.5) is 0 Å². The third-order valence-corrected chi connectivity index (χ3v) is 4.26. The van der Waals surface area contributed by atoms with E-state index in [2.05, 4.69) is 5.32 Å². The smallest absolute Gasteiger partial charge is 0.320 e. The zero-order chi connectivity index (χ0) is 16.3. The standard InChI is InChI=1S/C16H24N2O4.ClH/c1-4-14(16(20)21)18-7-5-12(6-8-18)17-15(19)13-9-10(2)22-11(13)3;/h9,12,14H,4-8H2,1-3H3,(H,17,19)(H,20,21);1H. The van der Waals surface area contributed by atoms with Crippen molar-refractivity contribution in [3.63, 3.8) is 0 Å². The molecular weight excluding hydrogens is 320 g/mol. The van der Waals surface area contributed by atoms with Gasteiger partial charge in [-0.25, -0.2) is 0 Å². The summed E-state index contributed by atoms with van der Waals surface area (Å²) in [6, 6.07) is 1.41. The van der Waals surface area contributed by atoms with Gasteiger partial charge in [0.05, 0.1) is 5.56 Å². The highest BCUT2D eigenvalue weighted by atomic mass is 35.5. The lowest BCUT2D eigenvalue weighted by Gasteiger charge is -2.35. The number of aryl methyl sites for hydroxylation is 2. The van der Waals surface area contributed by atoms with Crippen LogP contribution >= 0.6 is 12.4 Å². The molecule has 1 atom stereocenters. The number of hydrogen-bond donors (Lipinski definition) is 2. The molecule has 130 valence electrons. The fourth-order valence-electron chi connectivity index (χ4n) is 3.06. The first-order valence-corrected chi connectivity index (χ1v) is 7.77. The Morgan fingerprint density at radius 1 is 1.39 bits per heavy atom. The number of carboxylic acids is 1. The number of halogens is 1. The van der Waals surface area contributed by atoms with Crippen molar-refractivity contribution < 1.29 is 19.1 Å². The molecule has 1 amide bonds. The average molecular weight is 345 g/mol. The number of likely N-dealkylation sites (tertiary alicyclic amines) is 1. The van der Waals surface area contributed by atoms with Crippen molar-refractivity contribution in [1.29, 1.82) is 0 Å². The number of carbonyl (C=O) groups excluding carboxylic acids is 1. The lowest BCUT2D eigenvalue weighted by Crippen LogP contribution is -2.50. The molecule has 0 radical (unpaired) electrons. The normalized spacial score (nSPS) is 17.3. The Morgan fingerprint density at radius 2 is 2.00 bits per heavy atom. The third kappa shape index (κ3) is 4.72. The van der Waals surface area contributed by atoms with Crippen molar-refractivity contribution in [1.82, 2.24) is 10.2 Å². The zero-order valence-electron chi connectivity index (χ0n) is 13.8. The Balaban J connectivity index is 0.00000264. The van der Waals surface area contributed by atoms with E-state index >= 15 is 0 Å². The molecule has 23 heavy (non-hydrogen) atoms. The molecule has 0 spiro atoms. The predicted molar refractivity (Wildman–Crippen MR) is 89.2 cm³/mol. The number of aliphatic carboxylic acids is 1. The van der Waals surface area contributed by atoms with Gasteiger partial charge in [0.25, 0.3) is 5.91 Å². The van der Waals surface area contributed by atoms with E-state index in [0.29, 0.717) is 30.8 Å². The first kappa shape index (κ1) is 19.5. The van der Waals surface area contributed by atoms with Gasteiger partial charge in [0.1, 0.15) is 17.6 Å². The summed E-state index contributed by atoms with van der Waals surface area (Å²) in [5.41, 5.74) is 0.580. The number of hydrogen-bond acceptors (Lipinski definition) is 4. The van der Waals surface area contributed by atoms with Crippen LogP contribution in [-0.4, -0.2) is 47.1 Å². The van der Waals surface area contributed by atoms with Crippen molar-refractivity contribution in [2.45, 2.75) is 52.1 Å². The predicted octanol–water partition coefficient (Wildman–Crippen LogP) is 2.38. The van der Waals surface area contributed by atoms with Crippen LogP contribution in [0.3, 0.4) is 0 Å². The van der Waals surface area contributed by atoms with Crippen LogP contribution in [0.15, 0.2) is 10.5 Å². The molecule has 0 bridgehead atoms. The summed E-state index contributed by atoms with van der Waals surface area (Å²) in [6.07, 6.45) is 2.14. The van der Waals surface area contributed by atoms with Crippen LogP contribution < -0.4 is 5.32 Å². The minimum Gasteiger partial charge on any atom is -0.480 e. The van der Waals surface area contributed by atoms with Gasteiger partial charge in [0, 0.05) is 19.1 Å². The van der Waals surface area contributed by atoms with E-state index in [1.165, 1.54) is 0 Å². The molecule has 1 saturated heterocycles. The quantitative estimate of drug-likeness (QED) is 0.856. The molecule has 2 N–H and O–H groups in total. The number of piperidine rings is 1. The van der Waals surface area contributed by atoms with Gasteiger partial charge in [-0.3, -0.25) is 14.5 Å². The molecule has 1 aromatic heterocycles. The summed E-state index contributed by atoms with van der Waals surface area (Å²) in [4.78, 5) is 25.4. The van der Waals surface area contributed by atoms with Gasteiger partial charge in [0.15, 0.2) is 0 Å². The number of carboxylic acid groups (broad SMARTS) is 1. The SMILES string of the molecule is CCC(C(=O)O)N1CCC(NC(=O)c2cc(C)oc2C)CC1.Cl. The Morgan fingerprint density at radius 3 is 2.43 bits per heavy atom. The highest BCUT2D eigenvalue weighted by molar-refractivity contribution is 5.95. The van der Waals surface area contributed by atoms with Crippen LogP contribution in [-0.2, 0) is 4.79 Å². The molecule has 6 nitrogen and oxygen atoms in total. The van der Waals surface area contributed by atoms with Gasteiger partial charge in [-0.15, -0.1) is 12.4 Å². The maximum atomic E-state index is 12.2. The Kier molecular flexibility index (Phi) is 7.09. The third-order valence-electron chi connectivity index (χ3n) is 4.26. The maximum Gasteiger partial charge on any atom is 0.320 e. The first-order chi connectivity index (χ1) is 10.4. The molecule has 0 aliphatic carbocycles. The lowest BCUT2D eigenvalue weighted by atomic mass is 10.0. The number of rotatable bonds is 5. The van der Waals surface area contributed by atoms with Crippen LogP contribution in [0, 0.1) is 13.8 Å². The minimum absolute atomic E-state index is 0. The summed E-state index contributed by atoms with van der Waals surface area (Å²) in [6.45, 7) is 6.87. The minimum atomic E-state index is -0.769. The van der Waals surface area contributed by atoms with Gasteiger partial charge in [-0.2, -0.15) is 0 Å². The van der Waals surface area contributed by atoms with Crippen molar-refractivity contribution in [2.75, 3.05) is 13.1 Å². The number of amides is 1. The maximum absolute atomic E-state index is 12.2. The van der Waals surface area contributed by atoms with E-state index in [4.69, 9.17) is 4.42 Å². The van der Waals surface area contributed by atoms with E-state index in [1.54, 1.807) is 13.0 Å². The summed E-state index contributed by atoms with van der Waals surface area (Å²) in [5.74, 6) is 0.474. The van der Waals surface area contributed by atoms with E-state index in [0.717, 1.165) is 18.6 Å². The second kappa shape index (κ2) is 8.36. The molecule has 1 fully saturated rings. The number of nitrogens with one attached hydrogen (secondary N) is 1. The Labute approximate surface area is 142 Å². The molecule has 2 heterocycles. The number of carbonyl (C=O) groups is 2. The highest BCUT2D eigenvalue weighted by Crippen LogP contribution is 2.18. The molecule has 1 aromatic rings. The summed E-state index contributed by atoms with van der Waals surface area (Å²) < 4.78 is 5.38. The fourth-order valence-corrected chi connectivity index (χ4v) is 3.06. The van der Waals surface area contributed by atoms with Gasteiger partial charge in [-0.1, -0.05) is 6.92 Å². The van der Waals surface area contributed by atoms with Crippen molar-refractivity contribution in [2.24, 2.45) is 0 Å². The monoisotopic (exact) mass is 344 g/mol. The average Bonchev–Trinajstić information content (AvgIpc) is 2.80. The Bertz CT molecular complexity index is 550. The molecular formula is C16H25ClN2O4. The van der Waals surface area contributed by atoms with Gasteiger partial charge in [-0.05, 0) is 39.2 Å². The van der Waals surface area contributed by atoms with Crippen LogP contribution in [0.25, 0.3) is 0 Å². The molecule has 1 aliphatic heterocycles. The molecule has 1 unspecified atom stereocenters. The largest absolute Gasteiger partial charge is 0.480 e. The second-order valence-corrected chi connectivity index (χ2v) is 5.87. The number of furan rings is 1. The fraction of sp³-hybridized carbons (Fsp3) is 0.625. The van der Waals surface area contributed by atoms with Gasteiger partial charge >= 0.3 is 5.97 Å². The van der Waals surface area contributed by atoms with Crippen molar-refractivity contribution >= 4 is 24.3 Å². The van der Waals surface area contributed by atoms with Crippen molar-refractivity contribution in [3.8, 4) is 0 Å². The zero-order valence-corrected chi connectivity index (χ0v) is 14.6. The molecule has 0 aromatic carbocycles. The van der Waals surface area contributed by atoms with E-state index in [9.17, 15) is 14.7 Å². The van der Waals surface area contributed by atoms with Gasteiger partial charge < -0.3 is 14.8 Å². The molecule has 7 heteroatoms. The lowest BCUT2D eigenvalue weighted by molar-refractivity contribution is -0.143. The summed E-state index contributed by atoms with van der Waals surface area (Å²) in [7, 11) is 0. The van der Waals surface area contributed by atoms with E-state index < -0.39 is 12.0 Å². The number of nitrogens with zero attached hydrogens (tertiary/aromatic N) is 1. The van der Waals surface area contributed by atoms with E-state index in [-0.39, 0.29) is 24.4 Å². The van der Waals surface area contributed by atoms with Crippen LogP contribution in [0.5, 0.6) is 0 Å². The van der Waals surface area contributed by atoms with Crippen LogP contribution in [0.1, 0.15) is 48.1 Å². The van der Waals surface area contributed by atoms with Crippen molar-refractivity contribution in [3.05, 3.63) is 23.2 Å². The molecule has 0 saturated carbocycles. The molecule has 2 rings (SSSR count). The topological polar surface area (TPSA) is 82.8 Å². The van der Waals surface area contributed by atoms with Crippen LogP contribution in [0.2, 0.25) is 0 Å². The highest BCUT2D eigenvalue weighted by Gasteiger charge is 2.29.